The van der Waals surface area contributed by atoms with Crippen molar-refractivity contribution in [2.45, 2.75) is 85.5 Å². The monoisotopic (exact) mass is 255 g/mol. The second kappa shape index (κ2) is 13.4. The molecule has 0 aromatic carbocycles. The molecular formula is C17H37N. The highest BCUT2D eigenvalue weighted by molar-refractivity contribution is 4.61. The molecule has 1 unspecified atom stereocenters. The number of unbranched alkanes of at least 4 members (excludes halogenated alkanes) is 4. The van der Waals surface area contributed by atoms with Gasteiger partial charge in [0.05, 0.1) is 0 Å². The Hall–Kier alpha value is -0.0400. The van der Waals surface area contributed by atoms with E-state index in [9.17, 15) is 0 Å². The molecule has 1 atom stereocenters. The summed E-state index contributed by atoms with van der Waals surface area (Å²) in [5, 5.41) is 3.64. The number of hydrogen-bond donors (Lipinski definition) is 1. The molecule has 18 heavy (non-hydrogen) atoms. The molecule has 110 valence electrons. The van der Waals surface area contributed by atoms with Crippen molar-refractivity contribution in [1.82, 2.24) is 5.32 Å². The van der Waals surface area contributed by atoms with E-state index in [1.807, 2.05) is 0 Å². The predicted octanol–water partition coefficient (Wildman–Crippen LogP) is 5.40. The molecule has 0 saturated heterocycles. The predicted molar refractivity (Wildman–Crippen MR) is 84.1 cm³/mol. The van der Waals surface area contributed by atoms with Crippen molar-refractivity contribution in [1.29, 1.82) is 0 Å². The van der Waals surface area contributed by atoms with Gasteiger partial charge in [-0.1, -0.05) is 72.6 Å². The largest absolute Gasteiger partial charge is 0.316 e. The van der Waals surface area contributed by atoms with Gasteiger partial charge in [-0.2, -0.15) is 0 Å². The topological polar surface area (TPSA) is 12.0 Å². The molecule has 0 heterocycles. The summed E-state index contributed by atoms with van der Waals surface area (Å²) in [4.78, 5) is 0. The third kappa shape index (κ3) is 12.4. The minimum Gasteiger partial charge on any atom is -0.316 e. The van der Waals surface area contributed by atoms with Crippen molar-refractivity contribution in [2.75, 3.05) is 13.1 Å². The molecule has 0 saturated carbocycles. The van der Waals surface area contributed by atoms with Crippen molar-refractivity contribution < 1.29 is 0 Å². The zero-order valence-corrected chi connectivity index (χ0v) is 13.4. The van der Waals surface area contributed by atoms with Gasteiger partial charge in [-0.25, -0.2) is 0 Å². The molecule has 0 radical (unpaired) electrons. The van der Waals surface area contributed by atoms with Gasteiger partial charge in [0.1, 0.15) is 0 Å². The van der Waals surface area contributed by atoms with Crippen molar-refractivity contribution in [2.24, 2.45) is 11.8 Å². The lowest BCUT2D eigenvalue weighted by molar-refractivity contribution is 0.415. The maximum atomic E-state index is 3.64. The highest BCUT2D eigenvalue weighted by Gasteiger charge is 2.04. The molecule has 0 aliphatic heterocycles. The average molecular weight is 255 g/mol. The third-order valence-corrected chi connectivity index (χ3v) is 3.86. The average Bonchev–Trinajstić information content (AvgIpc) is 2.35. The normalized spacial score (nSPS) is 13.2. The van der Waals surface area contributed by atoms with E-state index in [1.54, 1.807) is 0 Å². The van der Waals surface area contributed by atoms with Crippen molar-refractivity contribution in [3.63, 3.8) is 0 Å². The Bertz CT molecular complexity index is 154. The molecule has 0 aromatic rings. The Morgan fingerprint density at radius 3 is 2.17 bits per heavy atom. The summed E-state index contributed by atoms with van der Waals surface area (Å²) in [6.45, 7) is 11.7. The maximum absolute atomic E-state index is 3.64. The van der Waals surface area contributed by atoms with Crippen LogP contribution in [0.5, 0.6) is 0 Å². The lowest BCUT2D eigenvalue weighted by Crippen LogP contribution is -2.23. The summed E-state index contributed by atoms with van der Waals surface area (Å²) in [6.07, 6.45) is 12.5. The summed E-state index contributed by atoms with van der Waals surface area (Å²) < 4.78 is 0. The van der Waals surface area contributed by atoms with E-state index in [4.69, 9.17) is 0 Å². The summed E-state index contributed by atoms with van der Waals surface area (Å²) in [5.41, 5.74) is 0. The van der Waals surface area contributed by atoms with Crippen LogP contribution in [0.2, 0.25) is 0 Å². The Morgan fingerprint density at radius 1 is 0.833 bits per heavy atom. The van der Waals surface area contributed by atoms with Crippen LogP contribution in [0.1, 0.15) is 85.5 Å². The lowest BCUT2D eigenvalue weighted by atomic mass is 9.99. The van der Waals surface area contributed by atoms with Crippen LogP contribution in [0.15, 0.2) is 0 Å². The van der Waals surface area contributed by atoms with E-state index >= 15 is 0 Å². The van der Waals surface area contributed by atoms with Crippen LogP contribution in [-0.2, 0) is 0 Å². The molecule has 0 spiro atoms. The summed E-state index contributed by atoms with van der Waals surface area (Å²) in [7, 11) is 0. The van der Waals surface area contributed by atoms with E-state index in [0.29, 0.717) is 0 Å². The summed E-state index contributed by atoms with van der Waals surface area (Å²) in [5.74, 6) is 1.79. The fraction of sp³-hybridized carbons (Fsp3) is 1.00. The van der Waals surface area contributed by atoms with Crippen molar-refractivity contribution in [3.05, 3.63) is 0 Å². The fourth-order valence-corrected chi connectivity index (χ4v) is 2.41. The van der Waals surface area contributed by atoms with Crippen molar-refractivity contribution >= 4 is 0 Å². The third-order valence-electron chi connectivity index (χ3n) is 3.86. The molecule has 1 nitrogen and oxygen atoms in total. The minimum atomic E-state index is 0.881. The van der Waals surface area contributed by atoms with Gasteiger partial charge in [0, 0.05) is 0 Å². The summed E-state index contributed by atoms with van der Waals surface area (Å²) >= 11 is 0. The van der Waals surface area contributed by atoms with Crippen molar-refractivity contribution in [3.8, 4) is 0 Å². The van der Waals surface area contributed by atoms with E-state index in [2.05, 4.69) is 33.0 Å². The zero-order chi connectivity index (χ0) is 13.6. The first-order valence-electron chi connectivity index (χ1n) is 8.41. The van der Waals surface area contributed by atoms with Gasteiger partial charge in [0.25, 0.3) is 0 Å². The lowest BCUT2D eigenvalue weighted by Gasteiger charge is -2.15. The van der Waals surface area contributed by atoms with Crippen LogP contribution < -0.4 is 5.32 Å². The van der Waals surface area contributed by atoms with Gasteiger partial charge in [-0.3, -0.25) is 0 Å². The Labute approximate surface area is 116 Å². The fourth-order valence-electron chi connectivity index (χ4n) is 2.41. The van der Waals surface area contributed by atoms with E-state index in [0.717, 1.165) is 11.8 Å². The Balaban J connectivity index is 3.22. The molecule has 0 amide bonds. The highest BCUT2D eigenvalue weighted by atomic mass is 14.8. The molecule has 0 rings (SSSR count). The smallest absolute Gasteiger partial charge is 0.00206 e. The first-order valence-corrected chi connectivity index (χ1v) is 8.41. The zero-order valence-electron chi connectivity index (χ0n) is 13.4. The van der Waals surface area contributed by atoms with E-state index < -0.39 is 0 Å². The maximum Gasteiger partial charge on any atom is -0.00206 e. The minimum absolute atomic E-state index is 0.881. The number of hydrogen-bond acceptors (Lipinski definition) is 1. The van der Waals surface area contributed by atoms with Gasteiger partial charge in [0.15, 0.2) is 0 Å². The van der Waals surface area contributed by atoms with E-state index in [1.165, 1.54) is 70.9 Å². The highest BCUT2D eigenvalue weighted by Crippen LogP contribution is 2.11. The van der Waals surface area contributed by atoms with Gasteiger partial charge in [0.2, 0.25) is 0 Å². The first kappa shape index (κ1) is 18.0. The molecule has 0 aliphatic rings. The first-order chi connectivity index (χ1) is 8.70. The molecule has 0 aliphatic carbocycles. The van der Waals surface area contributed by atoms with E-state index in [-0.39, 0.29) is 0 Å². The standard InChI is InChI=1S/C17H37N/c1-5-7-13-17(6-2)15-18-14-11-9-8-10-12-16(3)4/h16-18H,5-15H2,1-4H3. The van der Waals surface area contributed by atoms with Gasteiger partial charge < -0.3 is 5.32 Å². The van der Waals surface area contributed by atoms with Crippen LogP contribution in [0.3, 0.4) is 0 Å². The molecule has 0 bridgehead atoms. The van der Waals surface area contributed by atoms with Gasteiger partial charge >= 0.3 is 0 Å². The van der Waals surface area contributed by atoms with Crippen LogP contribution in [0.25, 0.3) is 0 Å². The van der Waals surface area contributed by atoms with Crippen LogP contribution in [0.4, 0.5) is 0 Å². The Morgan fingerprint density at radius 2 is 1.56 bits per heavy atom. The van der Waals surface area contributed by atoms with Crippen LogP contribution in [0, 0.1) is 11.8 Å². The second-order valence-corrected chi connectivity index (χ2v) is 6.22. The molecule has 0 fully saturated rings. The summed E-state index contributed by atoms with van der Waals surface area (Å²) in [6, 6.07) is 0. The molecular weight excluding hydrogens is 218 g/mol. The molecule has 1 N–H and O–H groups in total. The SMILES string of the molecule is CCCCC(CC)CNCCCCCCC(C)C. The van der Waals surface area contributed by atoms with Crippen LogP contribution in [-0.4, -0.2) is 13.1 Å². The molecule has 1 heteroatoms. The van der Waals surface area contributed by atoms with Gasteiger partial charge in [-0.15, -0.1) is 0 Å². The second-order valence-electron chi connectivity index (χ2n) is 6.22. The molecule has 0 aromatic heterocycles. The Kier molecular flexibility index (Phi) is 13.4. The number of nitrogens with one attached hydrogen (secondary N) is 1. The van der Waals surface area contributed by atoms with Gasteiger partial charge in [-0.05, 0) is 37.8 Å². The van der Waals surface area contributed by atoms with Crippen LogP contribution >= 0.6 is 0 Å². The number of rotatable bonds is 13. The quantitative estimate of drug-likeness (QED) is 0.435.